The largest absolute Gasteiger partial charge is 0.379 e. The van der Waals surface area contributed by atoms with Crippen molar-refractivity contribution in [2.24, 2.45) is 5.41 Å². The molecule has 1 unspecified atom stereocenters. The van der Waals surface area contributed by atoms with Crippen molar-refractivity contribution in [3.63, 3.8) is 0 Å². The summed E-state index contributed by atoms with van der Waals surface area (Å²) in [5, 5.41) is 0. The molecule has 0 spiro atoms. The van der Waals surface area contributed by atoms with Crippen LogP contribution >= 0.6 is 12.6 Å². The lowest BCUT2D eigenvalue weighted by Gasteiger charge is -2.32. The van der Waals surface area contributed by atoms with E-state index in [-0.39, 0.29) is 0 Å². The predicted octanol–water partition coefficient (Wildman–Crippen LogP) is 1.10. The van der Waals surface area contributed by atoms with Crippen LogP contribution in [-0.2, 0) is 4.74 Å². The third-order valence-corrected chi connectivity index (χ3v) is 5.33. The second-order valence-electron chi connectivity index (χ2n) is 5.98. The van der Waals surface area contributed by atoms with Gasteiger partial charge in [-0.3, -0.25) is 4.90 Å². The first kappa shape index (κ1) is 12.3. The molecule has 3 nitrogen and oxygen atoms in total. The van der Waals surface area contributed by atoms with Crippen LogP contribution in [0.15, 0.2) is 0 Å². The molecule has 0 radical (unpaired) electrons. The van der Waals surface area contributed by atoms with Gasteiger partial charge in [-0.15, -0.1) is 0 Å². The molecule has 2 saturated heterocycles. The normalized spacial score (nSPS) is 34.1. The summed E-state index contributed by atoms with van der Waals surface area (Å²) in [6, 6.07) is 0.787. The minimum absolute atomic E-state index is 0.586. The summed E-state index contributed by atoms with van der Waals surface area (Å²) in [4.78, 5) is 5.30. The van der Waals surface area contributed by atoms with Gasteiger partial charge in [0.2, 0.25) is 0 Å². The molecule has 0 aromatic rings. The van der Waals surface area contributed by atoms with Crippen molar-refractivity contribution in [2.75, 3.05) is 51.7 Å². The van der Waals surface area contributed by atoms with Crippen molar-refractivity contribution < 1.29 is 4.74 Å². The summed E-state index contributed by atoms with van der Waals surface area (Å²) in [5.74, 6) is 1.08. The fourth-order valence-corrected chi connectivity index (χ4v) is 3.63. The molecule has 1 aliphatic carbocycles. The Balaban J connectivity index is 1.48. The smallest absolute Gasteiger partial charge is 0.0594 e. The maximum Gasteiger partial charge on any atom is 0.0594 e. The van der Waals surface area contributed by atoms with Crippen molar-refractivity contribution in [2.45, 2.75) is 25.3 Å². The zero-order valence-corrected chi connectivity index (χ0v) is 11.5. The molecule has 2 heterocycles. The molecular formula is C13H24N2OS. The molecule has 3 fully saturated rings. The Bertz CT molecular complexity index is 264. The van der Waals surface area contributed by atoms with Gasteiger partial charge in [0, 0.05) is 32.2 Å². The lowest BCUT2D eigenvalue weighted by Crippen LogP contribution is -2.45. The molecule has 1 saturated carbocycles. The summed E-state index contributed by atoms with van der Waals surface area (Å²) in [7, 11) is 0. The van der Waals surface area contributed by atoms with Gasteiger partial charge >= 0.3 is 0 Å². The molecule has 3 rings (SSSR count). The number of thiol groups is 1. The second kappa shape index (κ2) is 5.08. The number of nitrogens with zero attached hydrogens (tertiary/aromatic N) is 2. The van der Waals surface area contributed by atoms with E-state index in [0.29, 0.717) is 5.41 Å². The molecule has 0 aromatic carbocycles. The van der Waals surface area contributed by atoms with Crippen LogP contribution in [0, 0.1) is 5.41 Å². The SMILES string of the molecule is SCC1(CN2CCC(N3CCOCC3)C2)CC1. The van der Waals surface area contributed by atoms with E-state index in [2.05, 4.69) is 22.4 Å². The maximum absolute atomic E-state index is 5.43. The van der Waals surface area contributed by atoms with Crippen LogP contribution in [0.4, 0.5) is 0 Å². The van der Waals surface area contributed by atoms with Gasteiger partial charge < -0.3 is 9.64 Å². The number of rotatable bonds is 4. The number of likely N-dealkylation sites (tertiary alicyclic amines) is 1. The van der Waals surface area contributed by atoms with Gasteiger partial charge in [0.25, 0.3) is 0 Å². The monoisotopic (exact) mass is 256 g/mol. The van der Waals surface area contributed by atoms with E-state index in [1.807, 2.05) is 0 Å². The van der Waals surface area contributed by atoms with Gasteiger partial charge in [-0.25, -0.2) is 0 Å². The van der Waals surface area contributed by atoms with E-state index < -0.39 is 0 Å². The first-order chi connectivity index (χ1) is 8.31. The molecule has 0 bridgehead atoms. The van der Waals surface area contributed by atoms with E-state index in [9.17, 15) is 0 Å². The second-order valence-corrected chi connectivity index (χ2v) is 6.30. The Morgan fingerprint density at radius 2 is 1.94 bits per heavy atom. The lowest BCUT2D eigenvalue weighted by atomic mass is 10.1. The minimum Gasteiger partial charge on any atom is -0.379 e. The van der Waals surface area contributed by atoms with Gasteiger partial charge in [0.05, 0.1) is 13.2 Å². The van der Waals surface area contributed by atoms with Crippen molar-refractivity contribution in [1.29, 1.82) is 0 Å². The highest BCUT2D eigenvalue weighted by Crippen LogP contribution is 2.47. The Kier molecular flexibility index (Phi) is 3.67. The summed E-state index contributed by atoms with van der Waals surface area (Å²) in [5.41, 5.74) is 0.586. The van der Waals surface area contributed by atoms with Crippen LogP contribution in [0.2, 0.25) is 0 Å². The molecule has 0 N–H and O–H groups in total. The van der Waals surface area contributed by atoms with E-state index in [1.165, 1.54) is 38.9 Å². The van der Waals surface area contributed by atoms with Crippen molar-refractivity contribution in [3.8, 4) is 0 Å². The Morgan fingerprint density at radius 1 is 1.18 bits per heavy atom. The van der Waals surface area contributed by atoms with E-state index in [4.69, 9.17) is 4.74 Å². The molecule has 4 heteroatoms. The van der Waals surface area contributed by atoms with E-state index in [1.54, 1.807) is 0 Å². The van der Waals surface area contributed by atoms with Gasteiger partial charge in [-0.05, 0) is 37.0 Å². The minimum atomic E-state index is 0.586. The van der Waals surface area contributed by atoms with Crippen molar-refractivity contribution in [3.05, 3.63) is 0 Å². The average molecular weight is 256 g/mol. The summed E-state index contributed by atoms with van der Waals surface area (Å²) >= 11 is 4.51. The summed E-state index contributed by atoms with van der Waals surface area (Å²) < 4.78 is 5.43. The lowest BCUT2D eigenvalue weighted by molar-refractivity contribution is 0.0182. The quantitative estimate of drug-likeness (QED) is 0.759. The van der Waals surface area contributed by atoms with Crippen LogP contribution in [0.5, 0.6) is 0 Å². The van der Waals surface area contributed by atoms with Crippen LogP contribution < -0.4 is 0 Å². The van der Waals surface area contributed by atoms with Gasteiger partial charge in [-0.2, -0.15) is 12.6 Å². The standard InChI is InChI=1S/C13H24N2OS/c17-11-13(2-3-13)10-14-4-1-12(9-14)15-5-7-16-8-6-15/h12,17H,1-11H2. The third-order valence-electron chi connectivity index (χ3n) is 4.66. The molecule has 3 aliphatic rings. The third kappa shape index (κ3) is 2.80. The fraction of sp³-hybridized carbons (Fsp3) is 1.00. The molecule has 17 heavy (non-hydrogen) atoms. The zero-order chi connectivity index (χ0) is 11.7. The molecule has 98 valence electrons. The van der Waals surface area contributed by atoms with Crippen LogP contribution in [0.3, 0.4) is 0 Å². The van der Waals surface area contributed by atoms with E-state index >= 15 is 0 Å². The number of ether oxygens (including phenoxy) is 1. The van der Waals surface area contributed by atoms with E-state index in [0.717, 1.165) is 38.1 Å². The van der Waals surface area contributed by atoms with Gasteiger partial charge in [-0.1, -0.05) is 0 Å². The number of hydrogen-bond donors (Lipinski definition) is 1. The molecule has 0 aromatic heterocycles. The average Bonchev–Trinajstić information content (AvgIpc) is 3.00. The Labute approximate surface area is 110 Å². The first-order valence-electron chi connectivity index (χ1n) is 6.96. The maximum atomic E-state index is 5.43. The molecule has 2 aliphatic heterocycles. The highest BCUT2D eigenvalue weighted by atomic mass is 32.1. The highest BCUT2D eigenvalue weighted by molar-refractivity contribution is 7.80. The fourth-order valence-electron chi connectivity index (χ4n) is 3.21. The van der Waals surface area contributed by atoms with Crippen LogP contribution in [0.1, 0.15) is 19.3 Å². The number of hydrogen-bond acceptors (Lipinski definition) is 4. The Hall–Kier alpha value is 0.230. The van der Waals surface area contributed by atoms with Crippen LogP contribution in [-0.4, -0.2) is 67.5 Å². The Morgan fingerprint density at radius 3 is 2.59 bits per heavy atom. The van der Waals surface area contributed by atoms with Crippen LogP contribution in [0.25, 0.3) is 0 Å². The molecule has 1 atom stereocenters. The van der Waals surface area contributed by atoms with Crippen molar-refractivity contribution >= 4 is 12.6 Å². The summed E-state index contributed by atoms with van der Waals surface area (Å²) in [6.45, 7) is 7.98. The van der Waals surface area contributed by atoms with Gasteiger partial charge in [0.15, 0.2) is 0 Å². The highest BCUT2D eigenvalue weighted by Gasteiger charge is 2.43. The summed E-state index contributed by atoms with van der Waals surface area (Å²) in [6.07, 6.45) is 4.15. The first-order valence-corrected chi connectivity index (χ1v) is 7.60. The van der Waals surface area contributed by atoms with Crippen molar-refractivity contribution in [1.82, 2.24) is 9.80 Å². The van der Waals surface area contributed by atoms with Gasteiger partial charge in [0.1, 0.15) is 0 Å². The topological polar surface area (TPSA) is 15.7 Å². The molecule has 0 amide bonds. The molecular weight excluding hydrogens is 232 g/mol. The number of morpholine rings is 1. The zero-order valence-electron chi connectivity index (χ0n) is 10.6. The predicted molar refractivity (Wildman–Crippen MR) is 72.8 cm³/mol.